The van der Waals surface area contributed by atoms with Crippen LogP contribution in [0.3, 0.4) is 0 Å². The molecule has 0 bridgehead atoms. The topological polar surface area (TPSA) is 35.2 Å². The number of hydrogen-bond donors (Lipinski definition) is 1. The van der Waals surface area contributed by atoms with E-state index in [0.29, 0.717) is 10.2 Å². The largest absolute Gasteiger partial charge is 0.496 e. The molecule has 2 nitrogen and oxygen atoms in total. The lowest BCUT2D eigenvalue weighted by molar-refractivity contribution is 0.404. The van der Waals surface area contributed by atoms with Crippen LogP contribution in [0.25, 0.3) is 0 Å². The predicted molar refractivity (Wildman–Crippen MR) is 80.5 cm³/mol. The monoisotopic (exact) mass is 343 g/mol. The molecule has 2 N–H and O–H groups in total. The summed E-state index contributed by atoms with van der Waals surface area (Å²) >= 11 is 4.84. The zero-order chi connectivity index (χ0) is 14.2. The fourth-order valence-electron chi connectivity index (χ4n) is 1.87. The van der Waals surface area contributed by atoms with Gasteiger partial charge in [0.25, 0.3) is 0 Å². The number of ether oxygens (including phenoxy) is 1. The second-order valence-corrected chi connectivity index (χ2v) is 6.52. The first-order valence-corrected chi connectivity index (χ1v) is 7.40. The van der Waals surface area contributed by atoms with Crippen LogP contribution in [0.15, 0.2) is 22.7 Å². The van der Waals surface area contributed by atoms with E-state index in [9.17, 15) is 4.39 Å². The first kappa shape index (κ1) is 14.5. The molecule has 0 spiro atoms. The van der Waals surface area contributed by atoms with Gasteiger partial charge in [0.05, 0.1) is 17.6 Å². The summed E-state index contributed by atoms with van der Waals surface area (Å²) < 4.78 is 19.1. The van der Waals surface area contributed by atoms with Crippen molar-refractivity contribution in [3.05, 3.63) is 49.4 Å². The van der Waals surface area contributed by atoms with Crippen molar-refractivity contribution in [2.45, 2.75) is 19.9 Å². The van der Waals surface area contributed by atoms with Gasteiger partial charge in [-0.15, -0.1) is 11.3 Å². The Balaban J connectivity index is 2.48. The van der Waals surface area contributed by atoms with E-state index in [-0.39, 0.29) is 11.9 Å². The summed E-state index contributed by atoms with van der Waals surface area (Å²) in [6.07, 6.45) is 0. The lowest BCUT2D eigenvalue weighted by Gasteiger charge is -2.15. The van der Waals surface area contributed by atoms with E-state index in [2.05, 4.69) is 35.8 Å². The third kappa shape index (κ3) is 2.83. The minimum absolute atomic E-state index is 0.316. The molecule has 1 atom stereocenters. The second-order valence-electron chi connectivity index (χ2n) is 4.37. The summed E-state index contributed by atoms with van der Waals surface area (Å²) in [6, 6.07) is 4.79. The Labute approximate surface area is 124 Å². The average molecular weight is 344 g/mol. The Morgan fingerprint density at radius 1 is 1.32 bits per heavy atom. The van der Waals surface area contributed by atoms with E-state index in [1.54, 1.807) is 17.4 Å². The predicted octanol–water partition coefficient (Wildman–Crippen LogP) is 4.32. The fraction of sp³-hybridized carbons (Fsp3) is 0.286. The van der Waals surface area contributed by atoms with Crippen molar-refractivity contribution in [1.82, 2.24) is 0 Å². The molecule has 0 saturated carbocycles. The maximum absolute atomic E-state index is 13.5. The third-order valence-corrected chi connectivity index (χ3v) is 4.94. The van der Waals surface area contributed by atoms with E-state index < -0.39 is 0 Å². The van der Waals surface area contributed by atoms with Gasteiger partial charge < -0.3 is 10.5 Å². The Morgan fingerprint density at radius 3 is 2.53 bits per heavy atom. The van der Waals surface area contributed by atoms with Crippen molar-refractivity contribution < 1.29 is 9.13 Å². The van der Waals surface area contributed by atoms with Gasteiger partial charge in [0.15, 0.2) is 0 Å². The smallest absolute Gasteiger partial charge is 0.141 e. The highest BCUT2D eigenvalue weighted by Crippen LogP contribution is 2.36. The number of benzene rings is 1. The Hall–Kier alpha value is -0.910. The number of nitrogens with two attached hydrogens (primary N) is 1. The summed E-state index contributed by atoms with van der Waals surface area (Å²) in [5.41, 5.74) is 8.27. The van der Waals surface area contributed by atoms with E-state index in [0.717, 1.165) is 10.4 Å². The van der Waals surface area contributed by atoms with Gasteiger partial charge in [0.2, 0.25) is 0 Å². The molecule has 102 valence electrons. The number of hydrogen-bond acceptors (Lipinski definition) is 3. The zero-order valence-electron chi connectivity index (χ0n) is 11.0. The van der Waals surface area contributed by atoms with Crippen LogP contribution in [0.2, 0.25) is 0 Å². The lowest BCUT2D eigenvalue weighted by Crippen LogP contribution is -2.12. The van der Waals surface area contributed by atoms with Gasteiger partial charge in [-0.05, 0) is 47.5 Å². The van der Waals surface area contributed by atoms with Crippen LogP contribution in [0.4, 0.5) is 4.39 Å². The molecule has 0 fully saturated rings. The van der Waals surface area contributed by atoms with Crippen LogP contribution in [-0.4, -0.2) is 7.11 Å². The van der Waals surface area contributed by atoms with Gasteiger partial charge >= 0.3 is 0 Å². The van der Waals surface area contributed by atoms with Crippen molar-refractivity contribution in [2.24, 2.45) is 5.73 Å². The highest BCUT2D eigenvalue weighted by Gasteiger charge is 2.19. The molecule has 1 heterocycles. The maximum atomic E-state index is 13.5. The minimum Gasteiger partial charge on any atom is -0.496 e. The molecule has 0 aliphatic carbocycles. The Bertz CT molecular complexity index is 592. The summed E-state index contributed by atoms with van der Waals surface area (Å²) in [5.74, 6) is 0.114. The second kappa shape index (κ2) is 5.61. The van der Waals surface area contributed by atoms with Crippen LogP contribution in [-0.2, 0) is 0 Å². The molecule has 0 saturated heterocycles. The van der Waals surface area contributed by atoms with Gasteiger partial charge in [-0.25, -0.2) is 4.39 Å². The zero-order valence-corrected chi connectivity index (χ0v) is 13.4. The minimum atomic E-state index is -0.355. The van der Waals surface area contributed by atoms with Gasteiger partial charge in [-0.1, -0.05) is 0 Å². The number of aryl methyl sites for hydroxylation is 2. The summed E-state index contributed by atoms with van der Waals surface area (Å²) in [5, 5.41) is 0. The standard InChI is InChI=1S/C14H15BrFNOS/c1-7-4-13(19-8(7)2)14(17)9-5-10(15)11(16)6-12(9)18-3/h4-6,14H,17H2,1-3H3. The van der Waals surface area contributed by atoms with Crippen molar-refractivity contribution >= 4 is 27.3 Å². The first-order valence-electron chi connectivity index (χ1n) is 5.79. The molecule has 0 aliphatic heterocycles. The van der Waals surface area contributed by atoms with Gasteiger partial charge in [-0.3, -0.25) is 0 Å². The Kier molecular flexibility index (Phi) is 4.28. The van der Waals surface area contributed by atoms with E-state index in [1.165, 1.54) is 23.6 Å². The summed E-state index contributed by atoms with van der Waals surface area (Å²) in [4.78, 5) is 2.29. The van der Waals surface area contributed by atoms with Gasteiger partial charge in [0.1, 0.15) is 11.6 Å². The molecule has 0 amide bonds. The van der Waals surface area contributed by atoms with E-state index in [4.69, 9.17) is 10.5 Å². The highest BCUT2D eigenvalue weighted by atomic mass is 79.9. The first-order chi connectivity index (χ1) is 8.93. The molecule has 1 aromatic heterocycles. The van der Waals surface area contributed by atoms with Gasteiger partial charge in [0, 0.05) is 21.4 Å². The SMILES string of the molecule is COc1cc(F)c(Br)cc1C(N)c1cc(C)c(C)s1. The fourth-order valence-corrected chi connectivity index (χ4v) is 3.30. The van der Waals surface area contributed by atoms with Gasteiger partial charge in [-0.2, -0.15) is 0 Å². The van der Waals surface area contributed by atoms with Crippen molar-refractivity contribution in [2.75, 3.05) is 7.11 Å². The average Bonchev–Trinajstić information content (AvgIpc) is 2.71. The van der Waals surface area contributed by atoms with Crippen molar-refractivity contribution in [1.29, 1.82) is 0 Å². The molecule has 1 unspecified atom stereocenters. The molecular weight excluding hydrogens is 329 g/mol. The van der Waals surface area contributed by atoms with Crippen LogP contribution in [0, 0.1) is 19.7 Å². The maximum Gasteiger partial charge on any atom is 0.141 e. The quantitative estimate of drug-likeness (QED) is 0.900. The summed E-state index contributed by atoms with van der Waals surface area (Å²) in [7, 11) is 1.52. The molecule has 0 radical (unpaired) electrons. The third-order valence-electron chi connectivity index (χ3n) is 3.10. The van der Waals surface area contributed by atoms with E-state index >= 15 is 0 Å². The Morgan fingerprint density at radius 2 is 2.00 bits per heavy atom. The van der Waals surface area contributed by atoms with Crippen molar-refractivity contribution in [3.8, 4) is 5.75 Å². The molecular formula is C14H15BrFNOS. The number of methoxy groups -OCH3 is 1. The lowest BCUT2D eigenvalue weighted by atomic mass is 10.0. The number of halogens is 2. The molecule has 1 aromatic carbocycles. The van der Waals surface area contributed by atoms with E-state index in [1.807, 2.05) is 0 Å². The van der Waals surface area contributed by atoms with Crippen LogP contribution in [0.1, 0.15) is 26.9 Å². The van der Waals surface area contributed by atoms with Crippen LogP contribution in [0.5, 0.6) is 5.75 Å². The highest BCUT2D eigenvalue weighted by molar-refractivity contribution is 9.10. The molecule has 0 aliphatic rings. The van der Waals surface area contributed by atoms with Crippen molar-refractivity contribution in [3.63, 3.8) is 0 Å². The molecule has 2 rings (SSSR count). The summed E-state index contributed by atoms with van der Waals surface area (Å²) in [6.45, 7) is 4.12. The molecule has 2 aromatic rings. The number of thiophene rings is 1. The molecule has 19 heavy (non-hydrogen) atoms. The number of rotatable bonds is 3. The van der Waals surface area contributed by atoms with Crippen LogP contribution >= 0.6 is 27.3 Å². The normalized spacial score (nSPS) is 12.5. The molecule has 5 heteroatoms. The van der Waals surface area contributed by atoms with Crippen LogP contribution < -0.4 is 10.5 Å².